The van der Waals surface area contributed by atoms with Gasteiger partial charge in [0.05, 0.1) is 17.8 Å². The minimum Gasteiger partial charge on any atom is -0.456 e. The van der Waals surface area contributed by atoms with Gasteiger partial charge in [-0.25, -0.2) is 0 Å². The fourth-order valence-corrected chi connectivity index (χ4v) is 6.05. The number of fused-ring (bicyclic) bond motifs is 6. The lowest BCUT2D eigenvalue weighted by Crippen LogP contribution is -1.92. The summed E-state index contributed by atoms with van der Waals surface area (Å²) < 4.78 is 122. The number of benzene rings is 8. The van der Waals surface area contributed by atoms with Gasteiger partial charge in [-0.2, -0.15) is 0 Å². The van der Waals surface area contributed by atoms with Crippen LogP contribution in [-0.4, -0.2) is 0 Å². The Hall–Kier alpha value is -5.66. The minimum absolute atomic E-state index is 0.0271. The predicted octanol–water partition coefficient (Wildman–Crippen LogP) is 12.0. The summed E-state index contributed by atoms with van der Waals surface area (Å²) in [4.78, 5) is 0. The zero-order valence-corrected chi connectivity index (χ0v) is 22.4. The Morgan fingerprint density at radius 1 is 0.419 bits per heavy atom. The van der Waals surface area contributed by atoms with Gasteiger partial charge in [0.25, 0.3) is 0 Å². The molecule has 1 aromatic heterocycles. The first-order valence-electron chi connectivity index (χ1n) is 20.2. The van der Waals surface area contributed by atoms with Crippen molar-refractivity contribution >= 4 is 54.3 Å². The first-order chi connectivity index (χ1) is 26.8. The largest absolute Gasteiger partial charge is 0.456 e. The Balaban J connectivity index is 1.51. The molecule has 0 spiro atoms. The van der Waals surface area contributed by atoms with E-state index >= 15 is 0 Å². The summed E-state index contributed by atoms with van der Waals surface area (Å²) in [6.07, 6.45) is 0. The van der Waals surface area contributed by atoms with E-state index in [1.54, 1.807) is 78.9 Å². The molecule has 0 aliphatic rings. The van der Waals surface area contributed by atoms with Crippen LogP contribution < -0.4 is 0 Å². The van der Waals surface area contributed by atoms with Crippen LogP contribution >= 0.6 is 0 Å². The van der Waals surface area contributed by atoms with Gasteiger partial charge in [0, 0.05) is 10.8 Å². The Labute approximate surface area is 267 Å². The highest BCUT2D eigenvalue weighted by Crippen LogP contribution is 2.48. The Morgan fingerprint density at radius 2 is 1.02 bits per heavy atom. The van der Waals surface area contributed by atoms with Gasteiger partial charge in [-0.05, 0) is 83.8 Å². The SMILES string of the molecule is [2H]c1c([2H])c(-c2c3ccccc3c(-c3c([2H])c([2H])c([2H])c4c([2H])c([2H])c([2H])c([2H])c34)c3ccccc23)c2c(oc3c([2H])c(-c4ccccc4)c([2H])c([2H])c32)c1[2H]. The van der Waals surface area contributed by atoms with Crippen LogP contribution in [0.15, 0.2) is 162 Å². The first kappa shape index (κ1) is 14.5. The standard InChI is InChI=1S/C42H26O/c1-2-12-27(13-3-1)29-24-25-36-39(26-29)43-38-23-11-22-37(42(36)38)41-34-19-8-6-17-32(34)40(33-18-7-9-20-35(33)41)31-21-10-15-28-14-4-5-16-30(28)31/h1-26H/i4D,5D,10D,11D,14D,15D,16D,21D,22D,23D,24D,25D,26D. The number of furan rings is 1. The average Bonchev–Trinajstić information content (AvgIpc) is 3.61. The summed E-state index contributed by atoms with van der Waals surface area (Å²) in [5, 5.41) is 1.76. The molecule has 43 heavy (non-hydrogen) atoms. The maximum absolute atomic E-state index is 9.42. The van der Waals surface area contributed by atoms with Crippen LogP contribution in [-0.2, 0) is 0 Å². The van der Waals surface area contributed by atoms with Gasteiger partial charge in [0.1, 0.15) is 11.2 Å². The van der Waals surface area contributed by atoms with Crippen LogP contribution in [0.25, 0.3) is 87.6 Å². The molecule has 9 rings (SSSR count). The van der Waals surface area contributed by atoms with Crippen LogP contribution in [0.3, 0.4) is 0 Å². The number of hydrogen-bond acceptors (Lipinski definition) is 1. The smallest absolute Gasteiger partial charge is 0.136 e. The minimum atomic E-state index is -0.566. The lowest BCUT2D eigenvalue weighted by Gasteiger charge is -2.19. The Bertz CT molecular complexity index is 3160. The molecule has 0 saturated carbocycles. The zero-order valence-electron chi connectivity index (χ0n) is 35.4. The van der Waals surface area contributed by atoms with Gasteiger partial charge in [0.15, 0.2) is 0 Å². The molecule has 0 fully saturated rings. The second-order valence-electron chi connectivity index (χ2n) is 10.2. The molecule has 8 aromatic carbocycles. The maximum atomic E-state index is 9.42. The van der Waals surface area contributed by atoms with Gasteiger partial charge in [-0.1, -0.05) is 139 Å². The molecule has 0 amide bonds. The first-order valence-corrected chi connectivity index (χ1v) is 13.7. The van der Waals surface area contributed by atoms with E-state index in [4.69, 9.17) is 16.8 Å². The van der Waals surface area contributed by atoms with E-state index in [0.717, 1.165) is 0 Å². The highest BCUT2D eigenvalue weighted by atomic mass is 16.3. The number of rotatable bonds is 3. The van der Waals surface area contributed by atoms with Crippen molar-refractivity contribution in [3.63, 3.8) is 0 Å². The van der Waals surface area contributed by atoms with Crippen LogP contribution in [0.4, 0.5) is 0 Å². The summed E-state index contributed by atoms with van der Waals surface area (Å²) in [6, 6.07) is 17.3. The molecule has 0 N–H and O–H groups in total. The van der Waals surface area contributed by atoms with Crippen molar-refractivity contribution in [3.8, 4) is 33.4 Å². The van der Waals surface area contributed by atoms with Crippen LogP contribution in [0, 0.1) is 0 Å². The van der Waals surface area contributed by atoms with Gasteiger partial charge in [-0.3, -0.25) is 0 Å². The highest BCUT2D eigenvalue weighted by Gasteiger charge is 2.21. The topological polar surface area (TPSA) is 13.1 Å². The third-order valence-electron chi connectivity index (χ3n) is 7.88. The monoisotopic (exact) mass is 559 g/mol. The van der Waals surface area contributed by atoms with Crippen molar-refractivity contribution in [3.05, 3.63) is 157 Å². The molecule has 0 saturated heterocycles. The Kier molecular flexibility index (Phi) is 3.18. The second-order valence-corrected chi connectivity index (χ2v) is 10.2. The highest BCUT2D eigenvalue weighted by molar-refractivity contribution is 6.27. The molecule has 0 radical (unpaired) electrons. The van der Waals surface area contributed by atoms with E-state index in [-0.39, 0.29) is 73.6 Å². The van der Waals surface area contributed by atoms with Gasteiger partial charge >= 0.3 is 0 Å². The van der Waals surface area contributed by atoms with Gasteiger partial charge in [-0.15, -0.1) is 0 Å². The van der Waals surface area contributed by atoms with E-state index in [9.17, 15) is 5.48 Å². The predicted molar refractivity (Wildman–Crippen MR) is 183 cm³/mol. The fourth-order valence-electron chi connectivity index (χ4n) is 6.05. The molecule has 0 aliphatic carbocycles. The quantitative estimate of drug-likeness (QED) is 0.196. The van der Waals surface area contributed by atoms with Crippen molar-refractivity contribution in [2.24, 2.45) is 0 Å². The van der Waals surface area contributed by atoms with Crippen molar-refractivity contribution in [2.45, 2.75) is 0 Å². The lowest BCUT2D eigenvalue weighted by molar-refractivity contribution is 0.669. The molecule has 1 nitrogen and oxygen atoms in total. The van der Waals surface area contributed by atoms with Crippen molar-refractivity contribution in [2.75, 3.05) is 0 Å². The molecule has 0 atom stereocenters. The van der Waals surface area contributed by atoms with Crippen molar-refractivity contribution in [1.82, 2.24) is 0 Å². The van der Waals surface area contributed by atoms with Gasteiger partial charge in [0.2, 0.25) is 0 Å². The molecule has 1 heterocycles. The third kappa shape index (κ3) is 3.65. The van der Waals surface area contributed by atoms with Crippen molar-refractivity contribution < 1.29 is 22.2 Å². The average molecular weight is 560 g/mol. The second kappa shape index (κ2) is 9.44. The molecule has 9 aromatic rings. The molecule has 0 bridgehead atoms. The third-order valence-corrected chi connectivity index (χ3v) is 7.88. The van der Waals surface area contributed by atoms with Gasteiger partial charge < -0.3 is 4.42 Å². The van der Waals surface area contributed by atoms with Crippen molar-refractivity contribution in [1.29, 1.82) is 0 Å². The van der Waals surface area contributed by atoms with E-state index in [1.807, 2.05) is 0 Å². The van der Waals surface area contributed by atoms with Crippen LogP contribution in [0.1, 0.15) is 17.8 Å². The normalized spacial score (nSPS) is 16.0. The lowest BCUT2D eigenvalue weighted by atomic mass is 9.84. The summed E-state index contributed by atoms with van der Waals surface area (Å²) in [5.41, 5.74) is 1.40. The van der Waals surface area contributed by atoms with E-state index < -0.39 is 54.4 Å². The molecule has 1 heteroatoms. The number of hydrogen-bond donors (Lipinski definition) is 0. The molecule has 200 valence electrons. The van der Waals surface area contributed by atoms with E-state index in [2.05, 4.69) is 0 Å². The summed E-state index contributed by atoms with van der Waals surface area (Å²) in [7, 11) is 0. The molecular formula is C42H26O. The van der Waals surface area contributed by atoms with E-state index in [1.165, 1.54) is 0 Å². The maximum Gasteiger partial charge on any atom is 0.136 e. The van der Waals surface area contributed by atoms with Crippen LogP contribution in [0.2, 0.25) is 0 Å². The molecular weight excluding hydrogens is 520 g/mol. The summed E-state index contributed by atoms with van der Waals surface area (Å²) in [6.45, 7) is 0. The Morgan fingerprint density at radius 3 is 1.77 bits per heavy atom. The summed E-state index contributed by atoms with van der Waals surface area (Å²) >= 11 is 0. The fraction of sp³-hybridized carbons (Fsp3) is 0. The van der Waals surface area contributed by atoms with Crippen LogP contribution in [0.5, 0.6) is 0 Å². The zero-order chi connectivity index (χ0) is 39.6. The molecule has 0 aliphatic heterocycles. The summed E-state index contributed by atoms with van der Waals surface area (Å²) in [5.74, 6) is 0. The molecule has 0 unspecified atom stereocenters. The van der Waals surface area contributed by atoms with E-state index in [0.29, 0.717) is 38.2 Å².